The highest BCUT2D eigenvalue weighted by molar-refractivity contribution is 5.67. The molecule has 3 aromatic carbocycles. The number of phenolic OH excluding ortho intramolecular Hbond substituents is 3. The van der Waals surface area contributed by atoms with E-state index in [0.717, 1.165) is 24.8 Å². The van der Waals surface area contributed by atoms with E-state index in [1.165, 1.54) is 16.7 Å². The molecule has 0 fully saturated rings. The molecule has 0 saturated carbocycles. The topological polar surface area (TPSA) is 60.7 Å². The molecule has 0 heterocycles. The molecule has 4 rings (SSSR count). The van der Waals surface area contributed by atoms with Crippen LogP contribution in [0.15, 0.2) is 78.9 Å². The van der Waals surface area contributed by atoms with Crippen molar-refractivity contribution in [2.45, 2.75) is 25.2 Å². The molecule has 0 aliphatic heterocycles. The van der Waals surface area contributed by atoms with Crippen LogP contribution in [-0.4, -0.2) is 15.3 Å². The molecule has 1 aliphatic rings. The average molecular weight is 372 g/mol. The van der Waals surface area contributed by atoms with Gasteiger partial charge in [0.05, 0.1) is 0 Å². The summed E-state index contributed by atoms with van der Waals surface area (Å²) < 4.78 is 0. The standard InChI is InChI=1S/C25H24O3/c26-22-10-4-17(5-11-22)20-2-1-3-21(16-20)25(18-6-12-23(27)13-7-18)19-8-14-24(28)15-9-19/h2,4-15,21,25-28H,1,3,16H2. The van der Waals surface area contributed by atoms with E-state index in [-0.39, 0.29) is 23.2 Å². The molecular formula is C25H24O3. The number of hydrogen-bond donors (Lipinski definition) is 3. The molecule has 0 radical (unpaired) electrons. The molecule has 28 heavy (non-hydrogen) atoms. The van der Waals surface area contributed by atoms with Gasteiger partial charge in [0.15, 0.2) is 0 Å². The monoisotopic (exact) mass is 372 g/mol. The summed E-state index contributed by atoms with van der Waals surface area (Å²) in [6.45, 7) is 0. The Morgan fingerprint density at radius 1 is 0.643 bits per heavy atom. The van der Waals surface area contributed by atoms with Crippen LogP contribution in [0.1, 0.15) is 41.9 Å². The van der Waals surface area contributed by atoms with Crippen molar-refractivity contribution in [2.24, 2.45) is 5.92 Å². The van der Waals surface area contributed by atoms with Crippen LogP contribution >= 0.6 is 0 Å². The second-order valence-electron chi connectivity index (χ2n) is 7.48. The molecule has 3 N–H and O–H groups in total. The molecule has 3 nitrogen and oxygen atoms in total. The molecule has 3 heteroatoms. The Kier molecular flexibility index (Phi) is 5.07. The van der Waals surface area contributed by atoms with Crippen LogP contribution in [0.4, 0.5) is 0 Å². The lowest BCUT2D eigenvalue weighted by molar-refractivity contribution is 0.433. The first-order valence-electron chi connectivity index (χ1n) is 9.66. The lowest BCUT2D eigenvalue weighted by Gasteiger charge is -2.32. The number of aromatic hydroxyl groups is 3. The molecule has 0 bridgehead atoms. The Hall–Kier alpha value is -3.20. The van der Waals surface area contributed by atoms with Gasteiger partial charge in [0.2, 0.25) is 0 Å². The maximum Gasteiger partial charge on any atom is 0.115 e. The maximum atomic E-state index is 9.71. The Morgan fingerprint density at radius 2 is 1.11 bits per heavy atom. The van der Waals surface area contributed by atoms with Crippen LogP contribution in [-0.2, 0) is 0 Å². The summed E-state index contributed by atoms with van der Waals surface area (Å²) in [6, 6.07) is 22.3. The van der Waals surface area contributed by atoms with Gasteiger partial charge in [-0.2, -0.15) is 0 Å². The summed E-state index contributed by atoms with van der Waals surface area (Å²) in [4.78, 5) is 0. The number of rotatable bonds is 4. The van der Waals surface area contributed by atoms with Crippen molar-refractivity contribution in [3.63, 3.8) is 0 Å². The Morgan fingerprint density at radius 3 is 1.61 bits per heavy atom. The van der Waals surface area contributed by atoms with Crippen molar-refractivity contribution in [3.8, 4) is 17.2 Å². The Balaban J connectivity index is 1.68. The summed E-state index contributed by atoms with van der Waals surface area (Å²) in [5.41, 5.74) is 4.79. The summed E-state index contributed by atoms with van der Waals surface area (Å²) in [5.74, 6) is 1.40. The highest BCUT2D eigenvalue weighted by atomic mass is 16.3. The third kappa shape index (κ3) is 3.89. The lowest BCUT2D eigenvalue weighted by Crippen LogP contribution is -2.17. The lowest BCUT2D eigenvalue weighted by atomic mass is 9.72. The SMILES string of the molecule is Oc1ccc(C2=CCCC(C(c3ccc(O)cc3)c3ccc(O)cc3)C2)cc1. The van der Waals surface area contributed by atoms with Crippen molar-refractivity contribution in [2.75, 3.05) is 0 Å². The van der Waals surface area contributed by atoms with Gasteiger partial charge in [0.25, 0.3) is 0 Å². The fourth-order valence-electron chi connectivity index (χ4n) is 4.24. The molecule has 1 unspecified atom stereocenters. The van der Waals surface area contributed by atoms with Crippen molar-refractivity contribution in [3.05, 3.63) is 95.6 Å². The van der Waals surface area contributed by atoms with Crippen LogP contribution < -0.4 is 0 Å². The highest BCUT2D eigenvalue weighted by Gasteiger charge is 2.28. The molecule has 142 valence electrons. The van der Waals surface area contributed by atoms with Crippen LogP contribution in [0.5, 0.6) is 17.2 Å². The number of hydrogen-bond acceptors (Lipinski definition) is 3. The van der Waals surface area contributed by atoms with E-state index in [1.54, 1.807) is 36.4 Å². The quantitative estimate of drug-likeness (QED) is 0.541. The average Bonchev–Trinajstić information content (AvgIpc) is 2.72. The van der Waals surface area contributed by atoms with Crippen molar-refractivity contribution in [1.29, 1.82) is 0 Å². The zero-order valence-corrected chi connectivity index (χ0v) is 15.6. The Bertz CT molecular complexity index is 909. The predicted octanol–water partition coefficient (Wildman–Crippen LogP) is 5.82. The van der Waals surface area contributed by atoms with Gasteiger partial charge >= 0.3 is 0 Å². The van der Waals surface area contributed by atoms with E-state index in [9.17, 15) is 15.3 Å². The summed E-state index contributed by atoms with van der Waals surface area (Å²) in [5, 5.41) is 29.0. The zero-order valence-electron chi connectivity index (χ0n) is 15.6. The minimum absolute atomic E-state index is 0.182. The first kappa shape index (κ1) is 18.2. The second-order valence-corrected chi connectivity index (χ2v) is 7.48. The first-order valence-corrected chi connectivity index (χ1v) is 9.66. The zero-order chi connectivity index (χ0) is 19.5. The van der Waals surface area contributed by atoms with Crippen molar-refractivity contribution >= 4 is 5.57 Å². The van der Waals surface area contributed by atoms with Gasteiger partial charge in [-0.25, -0.2) is 0 Å². The van der Waals surface area contributed by atoms with Crippen LogP contribution in [0.2, 0.25) is 0 Å². The van der Waals surface area contributed by atoms with Gasteiger partial charge in [-0.3, -0.25) is 0 Å². The highest BCUT2D eigenvalue weighted by Crippen LogP contribution is 2.43. The van der Waals surface area contributed by atoms with E-state index in [0.29, 0.717) is 5.92 Å². The molecular weight excluding hydrogens is 348 g/mol. The van der Waals surface area contributed by atoms with E-state index in [4.69, 9.17) is 0 Å². The number of allylic oxidation sites excluding steroid dienone is 2. The van der Waals surface area contributed by atoms with Gasteiger partial charge in [0, 0.05) is 5.92 Å². The largest absolute Gasteiger partial charge is 0.508 e. The van der Waals surface area contributed by atoms with Crippen LogP contribution in [0, 0.1) is 5.92 Å². The van der Waals surface area contributed by atoms with E-state index in [2.05, 4.69) is 6.08 Å². The maximum absolute atomic E-state index is 9.71. The fourth-order valence-corrected chi connectivity index (χ4v) is 4.24. The van der Waals surface area contributed by atoms with Crippen molar-refractivity contribution in [1.82, 2.24) is 0 Å². The molecule has 0 spiro atoms. The normalized spacial score (nSPS) is 16.8. The molecule has 1 aliphatic carbocycles. The van der Waals surface area contributed by atoms with Gasteiger partial charge < -0.3 is 15.3 Å². The minimum atomic E-state index is 0.182. The number of phenols is 3. The predicted molar refractivity (Wildman–Crippen MR) is 111 cm³/mol. The van der Waals surface area contributed by atoms with Crippen LogP contribution in [0.25, 0.3) is 5.57 Å². The second kappa shape index (κ2) is 7.81. The van der Waals surface area contributed by atoms with Gasteiger partial charge in [-0.05, 0) is 83.8 Å². The molecule has 0 saturated heterocycles. The van der Waals surface area contributed by atoms with Gasteiger partial charge in [-0.1, -0.05) is 42.5 Å². The molecule has 0 amide bonds. The van der Waals surface area contributed by atoms with Crippen LogP contribution in [0.3, 0.4) is 0 Å². The fraction of sp³-hybridized carbons (Fsp3) is 0.200. The minimum Gasteiger partial charge on any atom is -0.508 e. The van der Waals surface area contributed by atoms with E-state index < -0.39 is 0 Å². The van der Waals surface area contributed by atoms with Gasteiger partial charge in [0.1, 0.15) is 17.2 Å². The third-order valence-corrected chi connectivity index (χ3v) is 5.62. The summed E-state index contributed by atoms with van der Waals surface area (Å²) in [7, 11) is 0. The first-order chi connectivity index (χ1) is 13.6. The summed E-state index contributed by atoms with van der Waals surface area (Å²) in [6.07, 6.45) is 5.33. The van der Waals surface area contributed by atoms with E-state index in [1.807, 2.05) is 36.4 Å². The number of benzene rings is 3. The third-order valence-electron chi connectivity index (χ3n) is 5.62. The smallest absolute Gasteiger partial charge is 0.115 e. The molecule has 3 aromatic rings. The van der Waals surface area contributed by atoms with Crippen molar-refractivity contribution < 1.29 is 15.3 Å². The molecule has 1 atom stereocenters. The van der Waals surface area contributed by atoms with Gasteiger partial charge in [-0.15, -0.1) is 0 Å². The summed E-state index contributed by atoms with van der Waals surface area (Å²) >= 11 is 0. The Labute approximate surface area is 165 Å². The molecule has 0 aromatic heterocycles. The van der Waals surface area contributed by atoms with E-state index >= 15 is 0 Å².